The largest absolute Gasteiger partial charge is 0.494 e. The van der Waals surface area contributed by atoms with Crippen LogP contribution in [-0.2, 0) is 4.79 Å². The number of benzene rings is 1. The van der Waals surface area contributed by atoms with Crippen LogP contribution in [0.25, 0.3) is 0 Å². The normalized spacial score (nSPS) is 22.5. The summed E-state index contributed by atoms with van der Waals surface area (Å²) < 4.78 is 5.41. The lowest BCUT2D eigenvalue weighted by atomic mass is 10.2. The molecule has 6 heteroatoms. The summed E-state index contributed by atoms with van der Waals surface area (Å²) in [5.41, 5.74) is 0.819. The SMILES string of the molecule is CCOc1ccc(NC(=O)CN2CCN(C3CCNC3)CC2)cc1. The zero-order valence-corrected chi connectivity index (χ0v) is 14.5. The van der Waals surface area contributed by atoms with E-state index >= 15 is 0 Å². The molecule has 2 saturated heterocycles. The predicted molar refractivity (Wildman–Crippen MR) is 95.5 cm³/mol. The molecule has 2 heterocycles. The Morgan fingerprint density at radius 3 is 2.62 bits per heavy atom. The zero-order chi connectivity index (χ0) is 16.8. The first-order chi connectivity index (χ1) is 11.7. The topological polar surface area (TPSA) is 56.8 Å². The summed E-state index contributed by atoms with van der Waals surface area (Å²) in [5.74, 6) is 0.878. The number of hydrogen-bond acceptors (Lipinski definition) is 5. The molecule has 1 amide bonds. The van der Waals surface area contributed by atoms with Crippen LogP contribution in [0.4, 0.5) is 5.69 Å². The molecule has 0 spiro atoms. The third-order valence-electron chi connectivity index (χ3n) is 4.77. The van der Waals surface area contributed by atoms with Gasteiger partial charge in [-0.15, -0.1) is 0 Å². The second-order valence-corrected chi connectivity index (χ2v) is 6.46. The van der Waals surface area contributed by atoms with Crippen LogP contribution in [0, 0.1) is 0 Å². The van der Waals surface area contributed by atoms with Crippen LogP contribution in [0.2, 0.25) is 0 Å². The third-order valence-corrected chi connectivity index (χ3v) is 4.77. The molecule has 0 aliphatic carbocycles. The first-order valence-corrected chi connectivity index (χ1v) is 8.94. The maximum absolute atomic E-state index is 12.2. The number of piperazine rings is 1. The summed E-state index contributed by atoms with van der Waals surface area (Å²) in [5, 5.41) is 6.39. The zero-order valence-electron chi connectivity index (χ0n) is 14.5. The molecule has 0 saturated carbocycles. The van der Waals surface area contributed by atoms with Crippen LogP contribution in [-0.4, -0.2) is 74.2 Å². The molecular formula is C18H28N4O2. The molecule has 3 rings (SSSR count). The average molecular weight is 332 g/mol. The van der Waals surface area contributed by atoms with E-state index < -0.39 is 0 Å². The fourth-order valence-electron chi connectivity index (χ4n) is 3.44. The van der Waals surface area contributed by atoms with Gasteiger partial charge in [0.1, 0.15) is 5.75 Å². The minimum absolute atomic E-state index is 0.0511. The van der Waals surface area contributed by atoms with Crippen LogP contribution in [0.5, 0.6) is 5.75 Å². The lowest BCUT2D eigenvalue weighted by molar-refractivity contribution is -0.117. The molecule has 0 radical (unpaired) electrons. The van der Waals surface area contributed by atoms with E-state index in [9.17, 15) is 4.79 Å². The Hall–Kier alpha value is -1.63. The Morgan fingerprint density at radius 2 is 2.00 bits per heavy atom. The van der Waals surface area contributed by atoms with Crippen LogP contribution in [0.3, 0.4) is 0 Å². The highest BCUT2D eigenvalue weighted by Gasteiger charge is 2.26. The number of carbonyl (C=O) groups is 1. The van der Waals surface area contributed by atoms with Crippen LogP contribution in [0.15, 0.2) is 24.3 Å². The van der Waals surface area contributed by atoms with Gasteiger partial charge in [0, 0.05) is 44.5 Å². The molecule has 132 valence electrons. The summed E-state index contributed by atoms with van der Waals surface area (Å²) in [6.45, 7) is 9.36. The van der Waals surface area contributed by atoms with Gasteiger partial charge in [0.05, 0.1) is 13.2 Å². The Labute approximate surface area is 144 Å². The number of amides is 1. The molecule has 2 aliphatic heterocycles. The molecule has 1 unspecified atom stereocenters. The molecule has 1 aromatic rings. The van der Waals surface area contributed by atoms with Crippen molar-refractivity contribution in [3.05, 3.63) is 24.3 Å². The van der Waals surface area contributed by atoms with Crippen molar-refractivity contribution >= 4 is 11.6 Å². The lowest BCUT2D eigenvalue weighted by Crippen LogP contribution is -2.52. The minimum Gasteiger partial charge on any atom is -0.494 e. The summed E-state index contributed by atoms with van der Waals surface area (Å²) in [7, 11) is 0. The van der Waals surface area contributed by atoms with Crippen LogP contribution >= 0.6 is 0 Å². The van der Waals surface area contributed by atoms with Gasteiger partial charge in [-0.1, -0.05) is 0 Å². The summed E-state index contributed by atoms with van der Waals surface area (Å²) in [6.07, 6.45) is 1.25. The molecule has 2 aliphatic rings. The van der Waals surface area contributed by atoms with Crippen molar-refractivity contribution in [1.82, 2.24) is 15.1 Å². The molecule has 1 aromatic carbocycles. The van der Waals surface area contributed by atoms with Crippen molar-refractivity contribution in [3.8, 4) is 5.75 Å². The highest BCUT2D eigenvalue weighted by atomic mass is 16.5. The van der Waals surface area contributed by atoms with Gasteiger partial charge < -0.3 is 15.4 Å². The molecule has 6 nitrogen and oxygen atoms in total. The van der Waals surface area contributed by atoms with Gasteiger partial charge in [-0.05, 0) is 44.2 Å². The predicted octanol–water partition coefficient (Wildman–Crippen LogP) is 1.00. The summed E-state index contributed by atoms with van der Waals surface area (Å²) in [6, 6.07) is 8.22. The second kappa shape index (κ2) is 8.46. The number of nitrogens with zero attached hydrogens (tertiary/aromatic N) is 2. The molecule has 2 fully saturated rings. The van der Waals surface area contributed by atoms with Gasteiger partial charge in [-0.3, -0.25) is 14.6 Å². The number of carbonyl (C=O) groups excluding carboxylic acids is 1. The quantitative estimate of drug-likeness (QED) is 0.814. The van der Waals surface area contributed by atoms with Crippen molar-refractivity contribution in [2.24, 2.45) is 0 Å². The molecule has 0 aromatic heterocycles. The van der Waals surface area contributed by atoms with Crippen molar-refractivity contribution < 1.29 is 9.53 Å². The molecule has 24 heavy (non-hydrogen) atoms. The van der Waals surface area contributed by atoms with E-state index in [1.807, 2.05) is 31.2 Å². The maximum Gasteiger partial charge on any atom is 0.238 e. The van der Waals surface area contributed by atoms with E-state index in [-0.39, 0.29) is 5.91 Å². The second-order valence-electron chi connectivity index (χ2n) is 6.46. The van der Waals surface area contributed by atoms with Gasteiger partial charge in [0.15, 0.2) is 0 Å². The first kappa shape index (κ1) is 17.2. The van der Waals surface area contributed by atoms with E-state index in [4.69, 9.17) is 4.74 Å². The van der Waals surface area contributed by atoms with E-state index in [2.05, 4.69) is 20.4 Å². The van der Waals surface area contributed by atoms with Crippen molar-refractivity contribution in [2.75, 3.05) is 57.7 Å². The molecule has 0 bridgehead atoms. The average Bonchev–Trinajstić information content (AvgIpc) is 3.12. The Kier molecular flexibility index (Phi) is 6.07. The van der Waals surface area contributed by atoms with E-state index in [0.717, 1.165) is 50.7 Å². The summed E-state index contributed by atoms with van der Waals surface area (Å²) in [4.78, 5) is 17.0. The lowest BCUT2D eigenvalue weighted by Gasteiger charge is -2.37. The number of ether oxygens (including phenoxy) is 1. The molecular weight excluding hydrogens is 304 g/mol. The van der Waals surface area contributed by atoms with Gasteiger partial charge in [-0.25, -0.2) is 0 Å². The van der Waals surface area contributed by atoms with Gasteiger partial charge in [0.25, 0.3) is 0 Å². The van der Waals surface area contributed by atoms with E-state index in [1.165, 1.54) is 6.42 Å². The Bertz CT molecular complexity index is 520. The van der Waals surface area contributed by atoms with Crippen LogP contribution in [0.1, 0.15) is 13.3 Å². The summed E-state index contributed by atoms with van der Waals surface area (Å²) >= 11 is 0. The molecule has 2 N–H and O–H groups in total. The van der Waals surface area contributed by atoms with Crippen molar-refractivity contribution in [1.29, 1.82) is 0 Å². The number of hydrogen-bond donors (Lipinski definition) is 2. The highest BCUT2D eigenvalue weighted by Crippen LogP contribution is 2.16. The third kappa shape index (κ3) is 4.69. The number of anilines is 1. The minimum atomic E-state index is 0.0511. The fraction of sp³-hybridized carbons (Fsp3) is 0.611. The smallest absolute Gasteiger partial charge is 0.238 e. The Morgan fingerprint density at radius 1 is 1.25 bits per heavy atom. The first-order valence-electron chi connectivity index (χ1n) is 8.94. The number of rotatable bonds is 6. The van der Waals surface area contributed by atoms with Crippen molar-refractivity contribution in [2.45, 2.75) is 19.4 Å². The molecule has 1 atom stereocenters. The Balaban J connectivity index is 1.40. The highest BCUT2D eigenvalue weighted by molar-refractivity contribution is 5.92. The van der Waals surface area contributed by atoms with E-state index in [0.29, 0.717) is 19.2 Å². The van der Waals surface area contributed by atoms with Gasteiger partial charge in [-0.2, -0.15) is 0 Å². The fourth-order valence-corrected chi connectivity index (χ4v) is 3.44. The maximum atomic E-state index is 12.2. The standard InChI is InChI=1S/C18H28N4O2/c1-2-24-17-5-3-15(4-6-17)20-18(23)14-21-9-11-22(12-10-21)16-7-8-19-13-16/h3-6,16,19H,2,7-14H2,1H3,(H,20,23). The van der Waals surface area contributed by atoms with Crippen molar-refractivity contribution in [3.63, 3.8) is 0 Å². The van der Waals surface area contributed by atoms with Gasteiger partial charge >= 0.3 is 0 Å². The van der Waals surface area contributed by atoms with Gasteiger partial charge in [0.2, 0.25) is 5.91 Å². The monoisotopic (exact) mass is 332 g/mol. The van der Waals surface area contributed by atoms with E-state index in [1.54, 1.807) is 0 Å². The number of nitrogens with one attached hydrogen (secondary N) is 2. The van der Waals surface area contributed by atoms with Crippen LogP contribution < -0.4 is 15.4 Å².